The maximum absolute atomic E-state index is 13.4. The van der Waals surface area contributed by atoms with Crippen LogP contribution in [0.3, 0.4) is 0 Å². The molecule has 0 aliphatic rings. The molecule has 0 radical (unpaired) electrons. The number of H-pyrrole nitrogens is 1. The van der Waals surface area contributed by atoms with E-state index in [9.17, 15) is 8.78 Å². The first-order valence-corrected chi connectivity index (χ1v) is 11.3. The van der Waals surface area contributed by atoms with Crippen LogP contribution in [0.25, 0.3) is 17.1 Å². The van der Waals surface area contributed by atoms with Crippen molar-refractivity contribution in [1.29, 1.82) is 0 Å². The summed E-state index contributed by atoms with van der Waals surface area (Å²) >= 11 is 0. The van der Waals surface area contributed by atoms with Crippen molar-refractivity contribution in [2.75, 3.05) is 0 Å². The Kier molecular flexibility index (Phi) is 7.13. The maximum Gasteiger partial charge on any atom is 0.161 e. The smallest absolute Gasteiger partial charge is 0.161 e. The summed E-state index contributed by atoms with van der Waals surface area (Å²) in [7, 11) is 0. The first-order valence-electron chi connectivity index (χ1n) is 11.3. The summed E-state index contributed by atoms with van der Waals surface area (Å²) in [5.74, 6) is -1.20. The van der Waals surface area contributed by atoms with Gasteiger partial charge in [-0.15, -0.1) is 0 Å². The highest BCUT2D eigenvalue weighted by atomic mass is 19.2. The fourth-order valence-corrected chi connectivity index (χ4v) is 4.01. The number of hydrogen-bond acceptors (Lipinski definition) is 1. The first kappa shape index (κ1) is 22.7. The van der Waals surface area contributed by atoms with Gasteiger partial charge in [-0.05, 0) is 55.4 Å². The fraction of sp³-hybridized carbons (Fsp3) is 0.207. The average Bonchev–Trinajstić information content (AvgIpc) is 3.20. The van der Waals surface area contributed by atoms with Gasteiger partial charge in [0.2, 0.25) is 0 Å². The summed E-state index contributed by atoms with van der Waals surface area (Å²) in [6, 6.07) is 19.6. The Labute approximate surface area is 193 Å². The van der Waals surface area contributed by atoms with Crippen molar-refractivity contribution in [2.45, 2.75) is 39.5 Å². The Bertz CT molecular complexity index is 1260. The van der Waals surface area contributed by atoms with E-state index in [1.165, 1.54) is 27.8 Å². The van der Waals surface area contributed by atoms with Crippen LogP contribution >= 0.6 is 0 Å². The molecule has 33 heavy (non-hydrogen) atoms. The van der Waals surface area contributed by atoms with Crippen molar-refractivity contribution >= 4 is 17.1 Å². The molecule has 0 aliphatic carbocycles. The van der Waals surface area contributed by atoms with E-state index in [-0.39, 0.29) is 0 Å². The molecule has 4 heteroatoms. The van der Waals surface area contributed by atoms with Crippen LogP contribution in [-0.2, 0) is 19.3 Å². The second kappa shape index (κ2) is 10.4. The number of aryl methyl sites for hydroxylation is 3. The van der Waals surface area contributed by atoms with Gasteiger partial charge in [-0.1, -0.05) is 78.7 Å². The number of imidazole rings is 1. The van der Waals surface area contributed by atoms with Crippen molar-refractivity contribution in [3.63, 3.8) is 0 Å². The minimum absolute atomic E-state index is 0.413. The number of rotatable bonds is 8. The fourth-order valence-electron chi connectivity index (χ4n) is 4.01. The number of aromatic amines is 1. The van der Waals surface area contributed by atoms with Crippen LogP contribution in [0.4, 0.5) is 8.78 Å². The molecule has 4 rings (SSSR count). The Balaban J connectivity index is 1.49. The zero-order valence-corrected chi connectivity index (χ0v) is 19.0. The summed E-state index contributed by atoms with van der Waals surface area (Å²) in [6.07, 6.45) is 9.75. The number of nitrogens with zero attached hydrogens (tertiary/aromatic N) is 1. The molecule has 0 fully saturated rings. The Morgan fingerprint density at radius 3 is 2.52 bits per heavy atom. The van der Waals surface area contributed by atoms with Crippen molar-refractivity contribution < 1.29 is 8.78 Å². The Hall–Kier alpha value is -3.53. The van der Waals surface area contributed by atoms with Gasteiger partial charge in [0.15, 0.2) is 11.6 Å². The molecule has 0 spiro atoms. The highest BCUT2D eigenvalue weighted by Gasteiger charge is 2.08. The van der Waals surface area contributed by atoms with Gasteiger partial charge in [-0.25, -0.2) is 13.8 Å². The molecule has 0 bridgehead atoms. The molecule has 0 aliphatic heterocycles. The number of fused-ring (bicyclic) bond motifs is 1. The summed E-state index contributed by atoms with van der Waals surface area (Å²) in [6.45, 7) is 4.29. The number of allylic oxidation sites excluding steroid dienone is 3. The third kappa shape index (κ3) is 5.83. The average molecular weight is 443 g/mol. The molecule has 4 aromatic rings. The predicted octanol–water partition coefficient (Wildman–Crippen LogP) is 7.53. The lowest BCUT2D eigenvalue weighted by molar-refractivity contribution is 0.510. The van der Waals surface area contributed by atoms with Crippen LogP contribution in [0.15, 0.2) is 78.4 Å². The van der Waals surface area contributed by atoms with Crippen molar-refractivity contribution in [1.82, 2.24) is 9.97 Å². The van der Waals surface area contributed by atoms with Crippen LogP contribution in [0.1, 0.15) is 41.4 Å². The topological polar surface area (TPSA) is 28.7 Å². The standard InChI is InChI=1S/C29H28F2N2/c1-3-21(10-7-11-29-32-27-18-25(30)26(31)19-28(27)33-29)17-24-16-20(2)12-14-23(24)15-13-22-8-5-4-6-9-22/h4-12,14,16,18-19H,3,13,15,17H2,1-2H3,(H,32,33)/b11-7+,21-10+. The SMILES string of the molecule is CC/C(=C\C=C\c1nc2cc(F)c(F)cc2[nH]1)Cc1cc(C)ccc1CCc1ccccc1. The van der Waals surface area contributed by atoms with E-state index in [4.69, 9.17) is 0 Å². The minimum Gasteiger partial charge on any atom is -0.338 e. The highest BCUT2D eigenvalue weighted by molar-refractivity contribution is 5.77. The highest BCUT2D eigenvalue weighted by Crippen LogP contribution is 2.21. The predicted molar refractivity (Wildman–Crippen MR) is 132 cm³/mol. The molecule has 0 atom stereocenters. The van der Waals surface area contributed by atoms with Crippen molar-refractivity contribution in [2.24, 2.45) is 0 Å². The van der Waals surface area contributed by atoms with Crippen LogP contribution in [0, 0.1) is 18.6 Å². The van der Waals surface area contributed by atoms with Gasteiger partial charge in [0.25, 0.3) is 0 Å². The zero-order chi connectivity index (χ0) is 23.2. The van der Waals surface area contributed by atoms with E-state index in [1.54, 1.807) is 0 Å². The number of benzene rings is 3. The second-order valence-electron chi connectivity index (χ2n) is 8.38. The van der Waals surface area contributed by atoms with Gasteiger partial charge >= 0.3 is 0 Å². The van der Waals surface area contributed by atoms with Crippen molar-refractivity contribution in [3.05, 3.63) is 118 Å². The monoisotopic (exact) mass is 442 g/mol. The Morgan fingerprint density at radius 1 is 0.939 bits per heavy atom. The third-order valence-electron chi connectivity index (χ3n) is 5.89. The molecule has 1 N–H and O–H groups in total. The number of aromatic nitrogens is 2. The molecule has 0 amide bonds. The molecular weight excluding hydrogens is 414 g/mol. The van der Waals surface area contributed by atoms with Crippen LogP contribution < -0.4 is 0 Å². The molecule has 0 unspecified atom stereocenters. The number of halogens is 2. The van der Waals surface area contributed by atoms with Gasteiger partial charge < -0.3 is 4.98 Å². The van der Waals surface area contributed by atoms with Crippen LogP contribution in [-0.4, -0.2) is 9.97 Å². The van der Waals surface area contributed by atoms with Crippen LogP contribution in [0.5, 0.6) is 0 Å². The normalized spacial score (nSPS) is 12.2. The zero-order valence-electron chi connectivity index (χ0n) is 19.0. The van der Waals surface area contributed by atoms with E-state index in [2.05, 4.69) is 78.4 Å². The van der Waals surface area contributed by atoms with Crippen LogP contribution in [0.2, 0.25) is 0 Å². The van der Waals surface area contributed by atoms with Gasteiger partial charge in [-0.3, -0.25) is 0 Å². The van der Waals surface area contributed by atoms with Gasteiger partial charge in [0.05, 0.1) is 11.0 Å². The van der Waals surface area contributed by atoms with Gasteiger partial charge in [0, 0.05) is 12.1 Å². The first-order chi connectivity index (χ1) is 16.0. The second-order valence-corrected chi connectivity index (χ2v) is 8.38. The van der Waals surface area contributed by atoms with Gasteiger partial charge in [-0.2, -0.15) is 0 Å². The molecule has 3 aromatic carbocycles. The molecule has 1 heterocycles. The van der Waals surface area contributed by atoms with E-state index in [0.717, 1.165) is 37.8 Å². The number of hydrogen-bond donors (Lipinski definition) is 1. The van der Waals surface area contributed by atoms with E-state index >= 15 is 0 Å². The quantitative estimate of drug-likeness (QED) is 0.281. The molecule has 0 saturated carbocycles. The third-order valence-corrected chi connectivity index (χ3v) is 5.89. The maximum atomic E-state index is 13.4. The largest absolute Gasteiger partial charge is 0.338 e. The molecular formula is C29H28F2N2. The lowest BCUT2D eigenvalue weighted by Crippen LogP contribution is -2.00. The summed E-state index contributed by atoms with van der Waals surface area (Å²) in [5.41, 5.74) is 7.57. The minimum atomic E-state index is -0.890. The van der Waals surface area contributed by atoms with E-state index in [1.807, 2.05) is 12.2 Å². The lowest BCUT2D eigenvalue weighted by Gasteiger charge is -2.12. The molecule has 168 valence electrons. The Morgan fingerprint density at radius 2 is 1.73 bits per heavy atom. The van der Waals surface area contributed by atoms with E-state index in [0.29, 0.717) is 16.9 Å². The van der Waals surface area contributed by atoms with E-state index < -0.39 is 11.6 Å². The summed E-state index contributed by atoms with van der Waals surface area (Å²) in [5, 5.41) is 0. The summed E-state index contributed by atoms with van der Waals surface area (Å²) in [4.78, 5) is 7.34. The molecule has 2 nitrogen and oxygen atoms in total. The van der Waals surface area contributed by atoms with Gasteiger partial charge in [0.1, 0.15) is 5.82 Å². The lowest BCUT2D eigenvalue weighted by atomic mass is 9.93. The summed E-state index contributed by atoms with van der Waals surface area (Å²) < 4.78 is 26.9. The number of nitrogens with one attached hydrogen (secondary N) is 1. The molecule has 1 aromatic heterocycles. The van der Waals surface area contributed by atoms with Crippen molar-refractivity contribution in [3.8, 4) is 0 Å². The molecule has 0 saturated heterocycles.